The Balaban J connectivity index is 1.48. The second-order valence-corrected chi connectivity index (χ2v) is 9.24. The number of aryl methyl sites for hydroxylation is 1. The molecule has 1 fully saturated rings. The average molecular weight is 469 g/mol. The van der Waals surface area contributed by atoms with Gasteiger partial charge in [0, 0.05) is 29.5 Å². The van der Waals surface area contributed by atoms with Crippen molar-refractivity contribution in [2.24, 2.45) is 0 Å². The van der Waals surface area contributed by atoms with E-state index in [1.54, 1.807) is 24.9 Å². The summed E-state index contributed by atoms with van der Waals surface area (Å²) >= 11 is 2.88. The van der Waals surface area contributed by atoms with E-state index in [1.165, 1.54) is 11.3 Å². The SMILES string of the molecule is CCc1ccccc1N1C[C@@H](c2nnc(NC(=O)c3ccc(SC)cc3OC)s2)CC1=O. The molecule has 1 aliphatic heterocycles. The number of thioether (sulfide) groups is 1. The zero-order chi connectivity index (χ0) is 22.7. The third-order valence-corrected chi connectivity index (χ3v) is 7.18. The molecule has 0 aliphatic carbocycles. The van der Waals surface area contributed by atoms with Gasteiger partial charge in [-0.3, -0.25) is 14.9 Å². The van der Waals surface area contributed by atoms with Crippen molar-refractivity contribution in [2.75, 3.05) is 30.1 Å². The van der Waals surface area contributed by atoms with Gasteiger partial charge in [0.1, 0.15) is 10.8 Å². The quantitative estimate of drug-likeness (QED) is 0.510. The number of nitrogens with one attached hydrogen (secondary N) is 1. The molecule has 7 nitrogen and oxygen atoms in total. The minimum Gasteiger partial charge on any atom is -0.496 e. The lowest BCUT2D eigenvalue weighted by molar-refractivity contribution is -0.117. The van der Waals surface area contributed by atoms with Crippen LogP contribution in [0.15, 0.2) is 47.4 Å². The number of methoxy groups -OCH3 is 1. The van der Waals surface area contributed by atoms with Gasteiger partial charge in [-0.25, -0.2) is 0 Å². The van der Waals surface area contributed by atoms with Crippen molar-refractivity contribution in [1.29, 1.82) is 0 Å². The first-order valence-corrected chi connectivity index (χ1v) is 12.3. The van der Waals surface area contributed by atoms with Gasteiger partial charge in [0.25, 0.3) is 5.91 Å². The number of para-hydroxylation sites is 1. The Hall–Kier alpha value is -2.91. The van der Waals surface area contributed by atoms with E-state index in [4.69, 9.17) is 4.74 Å². The molecule has 1 aromatic heterocycles. The molecule has 3 aromatic rings. The number of carbonyl (C=O) groups excluding carboxylic acids is 2. The summed E-state index contributed by atoms with van der Waals surface area (Å²) in [5, 5.41) is 12.4. The first kappa shape index (κ1) is 22.3. The highest BCUT2D eigenvalue weighted by molar-refractivity contribution is 7.98. The van der Waals surface area contributed by atoms with E-state index in [0.29, 0.717) is 29.4 Å². The van der Waals surface area contributed by atoms with Crippen molar-refractivity contribution in [3.63, 3.8) is 0 Å². The van der Waals surface area contributed by atoms with Gasteiger partial charge in [-0.05, 0) is 42.5 Å². The molecule has 2 heterocycles. The first-order chi connectivity index (χ1) is 15.5. The molecule has 0 radical (unpaired) electrons. The Bertz CT molecular complexity index is 1150. The lowest BCUT2D eigenvalue weighted by Crippen LogP contribution is -2.25. The normalized spacial score (nSPS) is 15.8. The van der Waals surface area contributed by atoms with E-state index in [9.17, 15) is 9.59 Å². The standard InChI is InChI=1S/C23H24N4O3S2/c1-4-14-7-5-6-8-18(14)27-13-15(11-20(27)28)22-25-26-23(32-22)24-21(29)17-10-9-16(31-3)12-19(17)30-2/h5-10,12,15H,4,11,13H2,1-3H3,(H,24,26,29)/t15-/m0/s1. The van der Waals surface area contributed by atoms with E-state index in [2.05, 4.69) is 28.5 Å². The summed E-state index contributed by atoms with van der Waals surface area (Å²) in [5.74, 6) is 0.227. The zero-order valence-corrected chi connectivity index (χ0v) is 19.8. The van der Waals surface area contributed by atoms with Crippen LogP contribution in [0.2, 0.25) is 0 Å². The number of aromatic nitrogens is 2. The van der Waals surface area contributed by atoms with Crippen LogP contribution in [0.1, 0.15) is 40.2 Å². The Kier molecular flexibility index (Phi) is 6.76. The maximum atomic E-state index is 12.8. The predicted octanol–water partition coefficient (Wildman–Crippen LogP) is 4.60. The minimum atomic E-state index is -0.307. The van der Waals surface area contributed by atoms with Gasteiger partial charge in [0.15, 0.2) is 0 Å². The summed E-state index contributed by atoms with van der Waals surface area (Å²) in [7, 11) is 1.54. The molecule has 1 atom stereocenters. The molecular weight excluding hydrogens is 444 g/mol. The molecule has 32 heavy (non-hydrogen) atoms. The number of hydrogen-bond donors (Lipinski definition) is 1. The van der Waals surface area contributed by atoms with Gasteiger partial charge in [-0.15, -0.1) is 22.0 Å². The number of nitrogens with zero attached hydrogens (tertiary/aromatic N) is 3. The summed E-state index contributed by atoms with van der Waals surface area (Å²) in [4.78, 5) is 28.3. The Morgan fingerprint density at radius 1 is 1.28 bits per heavy atom. The highest BCUT2D eigenvalue weighted by Crippen LogP contribution is 2.36. The number of benzene rings is 2. The van der Waals surface area contributed by atoms with Crippen LogP contribution < -0.4 is 15.0 Å². The lowest BCUT2D eigenvalue weighted by atomic mass is 10.1. The first-order valence-electron chi connectivity index (χ1n) is 10.3. The highest BCUT2D eigenvalue weighted by Gasteiger charge is 2.34. The lowest BCUT2D eigenvalue weighted by Gasteiger charge is -2.19. The summed E-state index contributed by atoms with van der Waals surface area (Å²) < 4.78 is 5.37. The van der Waals surface area contributed by atoms with Crippen LogP contribution in [0.3, 0.4) is 0 Å². The van der Waals surface area contributed by atoms with Crippen molar-refractivity contribution in [1.82, 2.24) is 10.2 Å². The molecule has 1 saturated heterocycles. The average Bonchev–Trinajstić information content (AvgIpc) is 3.44. The number of ether oxygens (including phenoxy) is 1. The van der Waals surface area contributed by atoms with Crippen LogP contribution >= 0.6 is 23.1 Å². The Morgan fingerprint density at radius 3 is 2.84 bits per heavy atom. The van der Waals surface area contributed by atoms with Gasteiger partial charge < -0.3 is 9.64 Å². The minimum absolute atomic E-state index is 0.0500. The molecule has 0 bridgehead atoms. The van der Waals surface area contributed by atoms with Gasteiger partial charge >= 0.3 is 0 Å². The Morgan fingerprint density at radius 2 is 2.09 bits per heavy atom. The van der Waals surface area contributed by atoms with Crippen LogP contribution in [-0.2, 0) is 11.2 Å². The molecule has 2 aromatic carbocycles. The van der Waals surface area contributed by atoms with Crippen LogP contribution in [0.25, 0.3) is 0 Å². The third kappa shape index (κ3) is 4.49. The largest absolute Gasteiger partial charge is 0.496 e. The number of anilines is 2. The van der Waals surface area contributed by atoms with E-state index < -0.39 is 0 Å². The van der Waals surface area contributed by atoms with Gasteiger partial charge in [0.2, 0.25) is 11.0 Å². The second-order valence-electron chi connectivity index (χ2n) is 7.35. The summed E-state index contributed by atoms with van der Waals surface area (Å²) in [5.41, 5.74) is 2.54. The summed E-state index contributed by atoms with van der Waals surface area (Å²) in [6.07, 6.45) is 3.21. The molecule has 0 spiro atoms. The fourth-order valence-corrected chi connectivity index (χ4v) is 5.04. The number of hydrogen-bond acceptors (Lipinski definition) is 7. The van der Waals surface area contributed by atoms with Gasteiger partial charge in [-0.1, -0.05) is 36.5 Å². The van der Waals surface area contributed by atoms with E-state index in [0.717, 1.165) is 27.6 Å². The molecule has 4 rings (SSSR count). The molecule has 0 saturated carbocycles. The number of amides is 2. The molecule has 166 valence electrons. The fraction of sp³-hybridized carbons (Fsp3) is 0.304. The van der Waals surface area contributed by atoms with E-state index >= 15 is 0 Å². The van der Waals surface area contributed by atoms with Crippen LogP contribution in [-0.4, -0.2) is 41.9 Å². The molecule has 0 unspecified atom stereocenters. The van der Waals surface area contributed by atoms with Crippen molar-refractivity contribution < 1.29 is 14.3 Å². The predicted molar refractivity (Wildman–Crippen MR) is 128 cm³/mol. The maximum Gasteiger partial charge on any atom is 0.261 e. The highest BCUT2D eigenvalue weighted by atomic mass is 32.2. The molecule has 2 amide bonds. The topological polar surface area (TPSA) is 84.4 Å². The fourth-order valence-electron chi connectivity index (χ4n) is 3.78. The molecule has 1 N–H and O–H groups in total. The van der Waals surface area contributed by atoms with E-state index in [1.807, 2.05) is 41.5 Å². The summed E-state index contributed by atoms with van der Waals surface area (Å²) in [6, 6.07) is 13.4. The Labute approximate surface area is 195 Å². The monoisotopic (exact) mass is 468 g/mol. The van der Waals surface area contributed by atoms with Crippen molar-refractivity contribution in [3.05, 3.63) is 58.6 Å². The van der Waals surface area contributed by atoms with Gasteiger partial charge in [0.05, 0.1) is 12.7 Å². The van der Waals surface area contributed by atoms with Crippen LogP contribution in [0.4, 0.5) is 10.8 Å². The van der Waals surface area contributed by atoms with E-state index in [-0.39, 0.29) is 17.7 Å². The third-order valence-electron chi connectivity index (χ3n) is 5.45. The maximum absolute atomic E-state index is 12.8. The molecular formula is C23H24N4O3S2. The van der Waals surface area contributed by atoms with Crippen molar-refractivity contribution in [2.45, 2.75) is 30.6 Å². The van der Waals surface area contributed by atoms with Crippen molar-refractivity contribution in [3.8, 4) is 5.75 Å². The van der Waals surface area contributed by atoms with Gasteiger partial charge in [-0.2, -0.15) is 0 Å². The second kappa shape index (κ2) is 9.70. The number of carbonyl (C=O) groups is 2. The van der Waals surface area contributed by atoms with Crippen molar-refractivity contribution >= 4 is 45.7 Å². The van der Waals surface area contributed by atoms with Crippen LogP contribution in [0, 0.1) is 0 Å². The zero-order valence-electron chi connectivity index (χ0n) is 18.1. The molecule has 1 aliphatic rings. The molecule has 9 heteroatoms. The van der Waals surface area contributed by atoms with Crippen LogP contribution in [0.5, 0.6) is 5.75 Å². The number of rotatable bonds is 7. The summed E-state index contributed by atoms with van der Waals surface area (Å²) in [6.45, 7) is 2.64. The smallest absolute Gasteiger partial charge is 0.261 e.